The van der Waals surface area contributed by atoms with Crippen LogP contribution < -0.4 is 19.4 Å². The van der Waals surface area contributed by atoms with E-state index in [1.54, 1.807) is 59.7 Å². The van der Waals surface area contributed by atoms with Crippen molar-refractivity contribution in [3.8, 4) is 11.5 Å². The summed E-state index contributed by atoms with van der Waals surface area (Å²) in [6.45, 7) is 1.86. The zero-order valence-electron chi connectivity index (χ0n) is 21.9. The summed E-state index contributed by atoms with van der Waals surface area (Å²) in [5, 5.41) is 1.62. The van der Waals surface area contributed by atoms with Crippen molar-refractivity contribution in [2.45, 2.75) is 19.1 Å². The van der Waals surface area contributed by atoms with Crippen LogP contribution in [0.5, 0.6) is 11.5 Å². The summed E-state index contributed by atoms with van der Waals surface area (Å²) >= 11 is 0. The highest BCUT2D eigenvalue weighted by Gasteiger charge is 2.60. The first kappa shape index (κ1) is 25.3. The van der Waals surface area contributed by atoms with E-state index in [0.717, 1.165) is 5.56 Å². The number of ether oxygens (including phenoxy) is 2. The lowest BCUT2D eigenvalue weighted by molar-refractivity contribution is -0.126. The highest BCUT2D eigenvalue weighted by molar-refractivity contribution is 6.24. The molecule has 0 N–H and O–H groups in total. The topological polar surface area (TPSA) is 85.4 Å². The number of rotatable bonds is 6. The average Bonchev–Trinajstić information content (AvgIpc) is 3.50. The number of carbonyl (C=O) groups excluding carboxylic acids is 3. The standard InChI is InChI=1S/C32H26N2O6/c1-20-11-9-10-16-24(20)33-30(35)27-28(34(40-29(27)31(33)36)23-14-7-4-8-15-23)22-17-18-25(26(19-22)38-2)39-32(37)21-12-5-3-6-13-21/h3-19,27-29H,1-2H3. The third kappa shape index (κ3) is 4.28. The van der Waals surface area contributed by atoms with E-state index in [1.165, 1.54) is 12.0 Å². The maximum atomic E-state index is 13.9. The van der Waals surface area contributed by atoms with Crippen LogP contribution in [0.4, 0.5) is 11.4 Å². The minimum Gasteiger partial charge on any atom is -0.493 e. The number of aryl methyl sites for hydroxylation is 1. The van der Waals surface area contributed by atoms with Crippen molar-refractivity contribution in [3.05, 3.63) is 120 Å². The Morgan fingerprint density at radius 1 is 0.800 bits per heavy atom. The smallest absolute Gasteiger partial charge is 0.343 e. The Balaban J connectivity index is 1.39. The number of methoxy groups -OCH3 is 1. The van der Waals surface area contributed by atoms with Crippen molar-refractivity contribution in [2.24, 2.45) is 5.92 Å². The monoisotopic (exact) mass is 534 g/mol. The zero-order valence-corrected chi connectivity index (χ0v) is 21.9. The summed E-state index contributed by atoms with van der Waals surface area (Å²) in [5.41, 5.74) is 3.12. The minimum absolute atomic E-state index is 0.234. The van der Waals surface area contributed by atoms with Crippen molar-refractivity contribution >= 4 is 29.2 Å². The van der Waals surface area contributed by atoms with E-state index in [9.17, 15) is 14.4 Å². The molecule has 2 fully saturated rings. The predicted octanol–water partition coefficient (Wildman–Crippen LogP) is 5.27. The molecule has 2 heterocycles. The van der Waals surface area contributed by atoms with Crippen molar-refractivity contribution in [2.75, 3.05) is 17.1 Å². The lowest BCUT2D eigenvalue weighted by Crippen LogP contribution is -2.37. The van der Waals surface area contributed by atoms with E-state index in [-0.39, 0.29) is 11.7 Å². The van der Waals surface area contributed by atoms with Crippen LogP contribution in [-0.4, -0.2) is 31.0 Å². The van der Waals surface area contributed by atoms with Crippen LogP contribution in [0.15, 0.2) is 103 Å². The molecule has 8 heteroatoms. The molecule has 2 aliphatic heterocycles. The second kappa shape index (κ2) is 10.3. The molecule has 0 radical (unpaired) electrons. The van der Waals surface area contributed by atoms with Gasteiger partial charge < -0.3 is 9.47 Å². The number of anilines is 2. The van der Waals surface area contributed by atoms with Gasteiger partial charge in [-0.1, -0.05) is 60.7 Å². The van der Waals surface area contributed by atoms with E-state index in [0.29, 0.717) is 28.3 Å². The number of hydrogen-bond donors (Lipinski definition) is 0. The SMILES string of the molecule is COc1cc(C2C3C(=O)N(c4ccccc4C)C(=O)C3ON2c2ccccc2)ccc1OC(=O)c1ccccc1. The molecule has 200 valence electrons. The predicted molar refractivity (Wildman–Crippen MR) is 148 cm³/mol. The number of carbonyl (C=O) groups is 3. The van der Waals surface area contributed by atoms with Gasteiger partial charge in [0.2, 0.25) is 5.91 Å². The van der Waals surface area contributed by atoms with Gasteiger partial charge in [-0.25, -0.2) is 14.8 Å². The maximum absolute atomic E-state index is 13.9. The van der Waals surface area contributed by atoms with Crippen molar-refractivity contribution in [1.82, 2.24) is 0 Å². The Bertz CT molecular complexity index is 1590. The lowest BCUT2D eigenvalue weighted by atomic mass is 9.90. The van der Waals surface area contributed by atoms with Gasteiger partial charge in [-0.2, -0.15) is 0 Å². The van der Waals surface area contributed by atoms with Gasteiger partial charge in [-0.3, -0.25) is 14.4 Å². The molecule has 2 aliphatic rings. The summed E-state index contributed by atoms with van der Waals surface area (Å²) < 4.78 is 11.2. The fourth-order valence-electron chi connectivity index (χ4n) is 5.29. The maximum Gasteiger partial charge on any atom is 0.343 e. The molecule has 6 rings (SSSR count). The summed E-state index contributed by atoms with van der Waals surface area (Å²) in [7, 11) is 1.48. The lowest BCUT2D eigenvalue weighted by Gasteiger charge is -2.29. The minimum atomic E-state index is -1.00. The number of nitrogens with zero attached hydrogens (tertiary/aromatic N) is 2. The first-order chi connectivity index (χ1) is 19.5. The first-order valence-corrected chi connectivity index (χ1v) is 12.9. The summed E-state index contributed by atoms with van der Waals surface area (Å²) in [6.07, 6.45) is -1.00. The fourth-order valence-corrected chi connectivity index (χ4v) is 5.29. The van der Waals surface area contributed by atoms with Crippen LogP contribution in [0.1, 0.15) is 27.5 Å². The van der Waals surface area contributed by atoms with Gasteiger partial charge in [0.25, 0.3) is 5.91 Å². The number of benzene rings is 4. The number of fused-ring (bicyclic) bond motifs is 1. The number of hydroxylamine groups is 1. The van der Waals surface area contributed by atoms with E-state index in [2.05, 4.69) is 0 Å². The van der Waals surface area contributed by atoms with Gasteiger partial charge in [0.1, 0.15) is 5.92 Å². The largest absolute Gasteiger partial charge is 0.493 e. The molecule has 0 aromatic heterocycles. The quantitative estimate of drug-likeness (QED) is 0.189. The number of imide groups is 1. The third-order valence-electron chi connectivity index (χ3n) is 7.22. The van der Waals surface area contributed by atoms with Crippen LogP contribution in [0, 0.1) is 12.8 Å². The second-order valence-corrected chi connectivity index (χ2v) is 9.62. The van der Waals surface area contributed by atoms with E-state index in [1.807, 2.05) is 55.5 Å². The molecule has 0 aliphatic carbocycles. The number of para-hydroxylation sites is 2. The molecule has 4 aromatic carbocycles. The normalized spacial score (nSPS) is 20.0. The molecule has 2 amide bonds. The fraction of sp³-hybridized carbons (Fsp3) is 0.156. The molecule has 0 bridgehead atoms. The average molecular weight is 535 g/mol. The number of hydrogen-bond acceptors (Lipinski definition) is 7. The Morgan fingerprint density at radius 2 is 1.48 bits per heavy atom. The first-order valence-electron chi connectivity index (χ1n) is 12.9. The summed E-state index contributed by atoms with van der Waals surface area (Å²) in [5.74, 6) is -1.54. The van der Waals surface area contributed by atoms with Gasteiger partial charge >= 0.3 is 5.97 Å². The summed E-state index contributed by atoms with van der Waals surface area (Å²) in [4.78, 5) is 47.7. The van der Waals surface area contributed by atoms with Gasteiger partial charge in [0.15, 0.2) is 17.6 Å². The molecule has 4 aromatic rings. The van der Waals surface area contributed by atoms with Crippen molar-refractivity contribution < 1.29 is 28.7 Å². The number of amides is 2. The Hall–Kier alpha value is -4.95. The summed E-state index contributed by atoms with van der Waals surface area (Å²) in [6, 6.07) is 29.7. The van der Waals surface area contributed by atoms with E-state index < -0.39 is 29.9 Å². The van der Waals surface area contributed by atoms with Crippen molar-refractivity contribution in [3.63, 3.8) is 0 Å². The van der Waals surface area contributed by atoms with E-state index in [4.69, 9.17) is 14.3 Å². The van der Waals surface area contributed by atoms with Gasteiger partial charge in [0, 0.05) is 0 Å². The molecule has 0 saturated carbocycles. The van der Waals surface area contributed by atoms with Gasteiger partial charge in [0.05, 0.1) is 30.1 Å². The second-order valence-electron chi connectivity index (χ2n) is 9.62. The highest BCUT2D eigenvalue weighted by atomic mass is 16.7. The Morgan fingerprint density at radius 3 is 2.17 bits per heavy atom. The molecular formula is C32H26N2O6. The molecule has 3 unspecified atom stereocenters. The molecule has 0 spiro atoms. The number of esters is 1. The van der Waals surface area contributed by atoms with Gasteiger partial charge in [-0.05, 0) is 60.5 Å². The zero-order chi connectivity index (χ0) is 27.8. The molecular weight excluding hydrogens is 508 g/mol. The molecule has 3 atom stereocenters. The Kier molecular flexibility index (Phi) is 6.53. The van der Waals surface area contributed by atoms with Crippen LogP contribution >= 0.6 is 0 Å². The Labute approximate surface area is 231 Å². The van der Waals surface area contributed by atoms with Gasteiger partial charge in [-0.15, -0.1) is 0 Å². The van der Waals surface area contributed by atoms with Crippen LogP contribution in [0.2, 0.25) is 0 Å². The molecule has 8 nitrogen and oxygen atoms in total. The van der Waals surface area contributed by atoms with Crippen LogP contribution in [0.25, 0.3) is 0 Å². The van der Waals surface area contributed by atoms with Crippen LogP contribution in [-0.2, 0) is 14.4 Å². The highest BCUT2D eigenvalue weighted by Crippen LogP contribution is 2.49. The molecule has 40 heavy (non-hydrogen) atoms. The third-order valence-corrected chi connectivity index (χ3v) is 7.22. The van der Waals surface area contributed by atoms with Crippen LogP contribution in [0.3, 0.4) is 0 Å². The molecule has 2 saturated heterocycles. The van der Waals surface area contributed by atoms with E-state index >= 15 is 0 Å². The van der Waals surface area contributed by atoms with Crippen molar-refractivity contribution in [1.29, 1.82) is 0 Å².